The van der Waals surface area contributed by atoms with Gasteiger partial charge < -0.3 is 14.8 Å². The number of rotatable bonds is 9. The zero-order valence-electron chi connectivity index (χ0n) is 25.8. The highest BCUT2D eigenvalue weighted by molar-refractivity contribution is 6.33. The molecule has 0 saturated heterocycles. The molecule has 3 rings (SSSR count). The van der Waals surface area contributed by atoms with E-state index in [1.165, 1.54) is 11.1 Å². The van der Waals surface area contributed by atoms with Crippen LogP contribution in [-0.2, 0) is 9.47 Å². The minimum Gasteiger partial charge on any atom is -0.445 e. The molecule has 1 heterocycles. The Labute approximate surface area is 259 Å². The lowest BCUT2D eigenvalue weighted by Crippen LogP contribution is -2.37. The fourth-order valence-electron chi connectivity index (χ4n) is 3.86. The first-order valence-electron chi connectivity index (χ1n) is 13.9. The quantitative estimate of drug-likeness (QED) is 0.234. The van der Waals surface area contributed by atoms with E-state index in [0.717, 1.165) is 11.1 Å². The number of aromatic nitrogens is 2. The number of aryl methyl sites for hydroxylation is 1. The Kier molecular flexibility index (Phi) is 10.9. The molecule has 0 unspecified atom stereocenters. The van der Waals surface area contributed by atoms with Crippen LogP contribution < -0.4 is 15.5 Å². The lowest BCUT2D eigenvalue weighted by molar-refractivity contribution is 0.0584. The number of allylic oxidation sites excluding steroid dienone is 1. The number of amides is 2. The molecule has 0 aliphatic rings. The summed E-state index contributed by atoms with van der Waals surface area (Å²) in [4.78, 5) is 35.7. The van der Waals surface area contributed by atoms with Gasteiger partial charge in [0.25, 0.3) is 0 Å². The Morgan fingerprint density at radius 2 is 1.81 bits per heavy atom. The van der Waals surface area contributed by atoms with Gasteiger partial charge in [0.05, 0.1) is 16.9 Å². The molecule has 0 saturated carbocycles. The average molecular weight is 606 g/mol. The van der Waals surface area contributed by atoms with E-state index in [4.69, 9.17) is 21.1 Å². The van der Waals surface area contributed by atoms with Gasteiger partial charge in [0.1, 0.15) is 12.2 Å². The monoisotopic (exact) mass is 605 g/mol. The summed E-state index contributed by atoms with van der Waals surface area (Å²) in [7, 11) is 0. The van der Waals surface area contributed by atoms with E-state index in [9.17, 15) is 9.59 Å². The summed E-state index contributed by atoms with van der Waals surface area (Å²) in [5.74, 6) is 0.298. The second-order valence-corrected chi connectivity index (χ2v) is 12.4. The van der Waals surface area contributed by atoms with Gasteiger partial charge in [0, 0.05) is 29.2 Å². The van der Waals surface area contributed by atoms with Gasteiger partial charge in [-0.3, -0.25) is 10.2 Å². The van der Waals surface area contributed by atoms with Crippen molar-refractivity contribution in [3.05, 3.63) is 84.1 Å². The molecule has 1 aromatic heterocycles. The number of hydrogen-bond donors (Lipinski definition) is 2. The summed E-state index contributed by atoms with van der Waals surface area (Å²) in [6, 6.07) is 12.7. The predicted molar refractivity (Wildman–Crippen MR) is 174 cm³/mol. The van der Waals surface area contributed by atoms with Crippen molar-refractivity contribution in [2.24, 2.45) is 5.41 Å². The van der Waals surface area contributed by atoms with Crippen LogP contribution in [0.25, 0.3) is 11.3 Å². The number of halogens is 1. The third kappa shape index (κ3) is 10.4. The molecule has 43 heavy (non-hydrogen) atoms. The molecule has 0 fully saturated rings. The number of hydrogen-bond acceptors (Lipinski definition) is 7. The molecule has 0 bridgehead atoms. The van der Waals surface area contributed by atoms with Gasteiger partial charge in [-0.1, -0.05) is 62.7 Å². The zero-order chi connectivity index (χ0) is 31.8. The van der Waals surface area contributed by atoms with Crippen molar-refractivity contribution in [3.63, 3.8) is 0 Å². The average Bonchev–Trinajstić information content (AvgIpc) is 2.90. The molecule has 3 aromatic rings. The highest BCUT2D eigenvalue weighted by atomic mass is 35.5. The summed E-state index contributed by atoms with van der Waals surface area (Å²) in [5.41, 5.74) is 3.27. The molecule has 2 N–H and O–H groups in total. The molecule has 228 valence electrons. The highest BCUT2D eigenvalue weighted by Gasteiger charge is 2.23. The van der Waals surface area contributed by atoms with Gasteiger partial charge in [0.15, 0.2) is 0 Å². The van der Waals surface area contributed by atoms with E-state index in [1.54, 1.807) is 30.3 Å². The largest absolute Gasteiger partial charge is 0.445 e. The van der Waals surface area contributed by atoms with Crippen LogP contribution in [0.1, 0.15) is 47.1 Å². The normalized spacial score (nSPS) is 11.6. The number of carbonyl (C=O) groups is 2. The molecule has 0 aliphatic carbocycles. The van der Waals surface area contributed by atoms with Crippen LogP contribution in [0.15, 0.2) is 73.5 Å². The van der Waals surface area contributed by atoms with E-state index >= 15 is 0 Å². The molecule has 9 nitrogen and oxygen atoms in total. The number of carbonyl (C=O) groups excluding carboxylic acids is 2. The fourth-order valence-corrected chi connectivity index (χ4v) is 4.06. The Bertz CT molecular complexity index is 1490. The second kappa shape index (κ2) is 14.2. The van der Waals surface area contributed by atoms with Crippen LogP contribution in [0.4, 0.5) is 32.6 Å². The second-order valence-electron chi connectivity index (χ2n) is 12.0. The maximum atomic E-state index is 12.8. The van der Waals surface area contributed by atoms with Crippen LogP contribution in [0.5, 0.6) is 0 Å². The third-order valence-electron chi connectivity index (χ3n) is 5.75. The molecule has 0 spiro atoms. The topological polar surface area (TPSA) is 106 Å². The molecule has 2 aromatic carbocycles. The molecule has 2 amide bonds. The summed E-state index contributed by atoms with van der Waals surface area (Å²) in [6.07, 6.45) is 5.90. The van der Waals surface area contributed by atoms with E-state index in [2.05, 4.69) is 48.0 Å². The van der Waals surface area contributed by atoms with Crippen molar-refractivity contribution in [3.8, 4) is 11.3 Å². The zero-order valence-corrected chi connectivity index (χ0v) is 26.6. The number of ether oxygens (including phenoxy) is 2. The number of anilines is 4. The van der Waals surface area contributed by atoms with Crippen molar-refractivity contribution in [1.82, 2.24) is 9.97 Å². The van der Waals surface area contributed by atoms with Crippen molar-refractivity contribution >= 4 is 46.8 Å². The van der Waals surface area contributed by atoms with Crippen LogP contribution in [0.3, 0.4) is 0 Å². The standard InChI is InChI=1S/C33H40ClN5O4/c1-9-17-39(31(41)43-33(6,7)8)25-13-10-12-23(19-25)36-29-35-21-27(34)28(38-29)26-20-24(15-14-22(26)2)37-30(40)42-18-11-16-32(3,4)5/h9-16,19-21H,1,17-18H2,2-8H3,(H,37,40)(H,35,36,38). The Hall–Kier alpha value is -4.37. The van der Waals surface area contributed by atoms with Crippen LogP contribution in [0.2, 0.25) is 5.02 Å². The van der Waals surface area contributed by atoms with Crippen LogP contribution >= 0.6 is 11.6 Å². The van der Waals surface area contributed by atoms with Gasteiger partial charge in [-0.05, 0) is 69.0 Å². The van der Waals surface area contributed by atoms with E-state index in [1.807, 2.05) is 58.0 Å². The minimum absolute atomic E-state index is 0.00492. The smallest absolute Gasteiger partial charge is 0.415 e. The third-order valence-corrected chi connectivity index (χ3v) is 6.03. The first-order chi connectivity index (χ1) is 20.1. The van der Waals surface area contributed by atoms with E-state index in [0.29, 0.717) is 33.7 Å². The van der Waals surface area contributed by atoms with Crippen molar-refractivity contribution < 1.29 is 19.1 Å². The van der Waals surface area contributed by atoms with Gasteiger partial charge in [-0.15, -0.1) is 6.58 Å². The summed E-state index contributed by atoms with van der Waals surface area (Å²) in [5, 5.41) is 6.29. The number of nitrogens with one attached hydrogen (secondary N) is 2. The van der Waals surface area contributed by atoms with Crippen LogP contribution in [-0.4, -0.2) is 40.9 Å². The van der Waals surface area contributed by atoms with Gasteiger partial charge >= 0.3 is 12.2 Å². The molecular weight excluding hydrogens is 566 g/mol. The lowest BCUT2D eigenvalue weighted by atomic mass is 9.96. The van der Waals surface area contributed by atoms with Crippen molar-refractivity contribution in [1.29, 1.82) is 0 Å². The minimum atomic E-state index is -0.644. The Balaban J connectivity index is 1.81. The SMILES string of the molecule is C=CCN(C(=O)OC(C)(C)C)c1cccc(Nc2ncc(Cl)c(-c3cc(NC(=O)OCC=CC(C)(C)C)ccc3C)n2)c1. The van der Waals surface area contributed by atoms with Crippen molar-refractivity contribution in [2.75, 3.05) is 28.7 Å². The van der Waals surface area contributed by atoms with E-state index < -0.39 is 17.8 Å². The Morgan fingerprint density at radius 3 is 2.49 bits per heavy atom. The molecular formula is C33H40ClN5O4. The maximum absolute atomic E-state index is 12.8. The molecule has 0 aliphatic heterocycles. The molecule has 0 radical (unpaired) electrons. The summed E-state index contributed by atoms with van der Waals surface area (Å²) >= 11 is 6.53. The van der Waals surface area contributed by atoms with Crippen molar-refractivity contribution in [2.45, 2.75) is 54.1 Å². The van der Waals surface area contributed by atoms with Gasteiger partial charge in [0.2, 0.25) is 5.95 Å². The fraction of sp³-hybridized carbons (Fsp3) is 0.333. The maximum Gasteiger partial charge on any atom is 0.415 e. The summed E-state index contributed by atoms with van der Waals surface area (Å²) in [6.45, 7) is 17.8. The lowest BCUT2D eigenvalue weighted by Gasteiger charge is -2.27. The molecule has 0 atom stereocenters. The highest BCUT2D eigenvalue weighted by Crippen LogP contribution is 2.32. The molecule has 10 heteroatoms. The Morgan fingerprint density at radius 1 is 1.07 bits per heavy atom. The van der Waals surface area contributed by atoms with Gasteiger partial charge in [-0.25, -0.2) is 19.6 Å². The van der Waals surface area contributed by atoms with E-state index in [-0.39, 0.29) is 18.6 Å². The first kappa shape index (κ1) is 33.1. The van der Waals surface area contributed by atoms with Crippen LogP contribution in [0, 0.1) is 12.3 Å². The predicted octanol–water partition coefficient (Wildman–Crippen LogP) is 8.93. The summed E-state index contributed by atoms with van der Waals surface area (Å²) < 4.78 is 10.8. The number of nitrogens with zero attached hydrogens (tertiary/aromatic N) is 3. The van der Waals surface area contributed by atoms with Gasteiger partial charge in [-0.2, -0.15) is 0 Å². The number of benzene rings is 2. The first-order valence-corrected chi connectivity index (χ1v) is 14.3.